The van der Waals surface area contributed by atoms with Crippen LogP contribution in [0.25, 0.3) is 11.0 Å². The number of benzene rings is 1. The highest BCUT2D eigenvalue weighted by Gasteiger charge is 2.13. The standard InChI is InChI=1S/C16H19NO4/c1-10(2)6-7-17-15(18)13-9-11-8-12(20-3)4-5-14(11)21-16(13)19/h4-5,8-10H,6-7H2,1-3H3,(H,17,18). The molecule has 2 rings (SSSR count). The van der Waals surface area contributed by atoms with Crippen LogP contribution in [-0.4, -0.2) is 19.6 Å². The highest BCUT2D eigenvalue weighted by Crippen LogP contribution is 2.20. The van der Waals surface area contributed by atoms with Crippen LogP contribution in [0.5, 0.6) is 5.75 Å². The van der Waals surface area contributed by atoms with Crippen LogP contribution in [0.15, 0.2) is 33.5 Å². The molecule has 0 bridgehead atoms. The molecule has 0 fully saturated rings. The molecule has 0 unspecified atom stereocenters. The molecule has 0 saturated carbocycles. The summed E-state index contributed by atoms with van der Waals surface area (Å²) in [6.07, 6.45) is 0.860. The first-order valence-electron chi connectivity index (χ1n) is 6.91. The van der Waals surface area contributed by atoms with Gasteiger partial charge in [0.2, 0.25) is 0 Å². The van der Waals surface area contributed by atoms with Crippen LogP contribution in [0.2, 0.25) is 0 Å². The monoisotopic (exact) mass is 289 g/mol. The molecule has 5 heteroatoms. The van der Waals surface area contributed by atoms with Gasteiger partial charge in [-0.3, -0.25) is 4.79 Å². The molecule has 2 aromatic rings. The van der Waals surface area contributed by atoms with Gasteiger partial charge in [-0.2, -0.15) is 0 Å². The zero-order valence-electron chi connectivity index (χ0n) is 12.4. The number of carbonyl (C=O) groups excluding carboxylic acids is 1. The van der Waals surface area contributed by atoms with Crippen LogP contribution in [0.4, 0.5) is 0 Å². The lowest BCUT2D eigenvalue weighted by Crippen LogP contribution is -2.29. The third kappa shape index (κ3) is 3.62. The summed E-state index contributed by atoms with van der Waals surface area (Å²) in [7, 11) is 1.56. The van der Waals surface area contributed by atoms with Crippen molar-refractivity contribution in [1.29, 1.82) is 0 Å². The Morgan fingerprint density at radius 1 is 1.33 bits per heavy atom. The van der Waals surface area contributed by atoms with Crippen LogP contribution in [0, 0.1) is 5.92 Å². The number of nitrogens with one attached hydrogen (secondary N) is 1. The van der Waals surface area contributed by atoms with E-state index in [4.69, 9.17) is 9.15 Å². The average molecular weight is 289 g/mol. The molecule has 5 nitrogen and oxygen atoms in total. The van der Waals surface area contributed by atoms with Crippen molar-refractivity contribution in [1.82, 2.24) is 5.32 Å². The molecular weight excluding hydrogens is 270 g/mol. The molecule has 0 radical (unpaired) electrons. The topological polar surface area (TPSA) is 68.5 Å². The largest absolute Gasteiger partial charge is 0.497 e. The van der Waals surface area contributed by atoms with Crippen LogP contribution in [0.3, 0.4) is 0 Å². The average Bonchev–Trinajstić information content (AvgIpc) is 2.45. The lowest BCUT2D eigenvalue weighted by atomic mass is 10.1. The molecule has 0 saturated heterocycles. The number of hydrogen-bond donors (Lipinski definition) is 1. The zero-order chi connectivity index (χ0) is 15.4. The Morgan fingerprint density at radius 2 is 2.10 bits per heavy atom. The van der Waals surface area contributed by atoms with E-state index in [1.807, 2.05) is 0 Å². The van der Waals surface area contributed by atoms with Gasteiger partial charge < -0.3 is 14.5 Å². The van der Waals surface area contributed by atoms with E-state index >= 15 is 0 Å². The van der Waals surface area contributed by atoms with Crippen LogP contribution >= 0.6 is 0 Å². The number of carbonyl (C=O) groups is 1. The molecule has 0 aliphatic heterocycles. The van der Waals surface area contributed by atoms with Gasteiger partial charge in [0.1, 0.15) is 16.9 Å². The van der Waals surface area contributed by atoms with Gasteiger partial charge >= 0.3 is 5.63 Å². The summed E-state index contributed by atoms with van der Waals surface area (Å²) in [5.41, 5.74) is -0.186. The Morgan fingerprint density at radius 3 is 2.76 bits per heavy atom. The fourth-order valence-corrected chi connectivity index (χ4v) is 1.96. The number of fused-ring (bicyclic) bond motifs is 1. The quantitative estimate of drug-likeness (QED) is 0.859. The van der Waals surface area contributed by atoms with E-state index in [0.29, 0.717) is 29.2 Å². The number of rotatable bonds is 5. The van der Waals surface area contributed by atoms with Gasteiger partial charge in [0, 0.05) is 11.9 Å². The van der Waals surface area contributed by atoms with Crippen molar-refractivity contribution in [3.8, 4) is 5.75 Å². The first kappa shape index (κ1) is 15.1. The third-order valence-corrected chi connectivity index (χ3v) is 3.19. The second-order valence-electron chi connectivity index (χ2n) is 5.29. The molecule has 21 heavy (non-hydrogen) atoms. The first-order chi connectivity index (χ1) is 10.0. The van der Waals surface area contributed by atoms with E-state index < -0.39 is 11.5 Å². The van der Waals surface area contributed by atoms with Gasteiger partial charge in [-0.25, -0.2) is 4.79 Å². The van der Waals surface area contributed by atoms with Gasteiger partial charge in [-0.15, -0.1) is 0 Å². The molecule has 1 amide bonds. The maximum Gasteiger partial charge on any atom is 0.349 e. The Hall–Kier alpha value is -2.30. The maximum atomic E-state index is 12.0. The summed E-state index contributed by atoms with van der Waals surface area (Å²) in [6.45, 7) is 4.68. The van der Waals surface area contributed by atoms with E-state index in [9.17, 15) is 9.59 Å². The summed E-state index contributed by atoms with van der Waals surface area (Å²) < 4.78 is 10.3. The van der Waals surface area contributed by atoms with Crippen molar-refractivity contribution >= 4 is 16.9 Å². The van der Waals surface area contributed by atoms with Gasteiger partial charge in [0.25, 0.3) is 5.91 Å². The fraction of sp³-hybridized carbons (Fsp3) is 0.375. The Labute approximate surface area is 122 Å². The molecule has 1 N–H and O–H groups in total. The highest BCUT2D eigenvalue weighted by atomic mass is 16.5. The molecule has 1 aromatic heterocycles. The maximum absolute atomic E-state index is 12.0. The fourth-order valence-electron chi connectivity index (χ4n) is 1.96. The molecule has 0 atom stereocenters. The number of methoxy groups -OCH3 is 1. The first-order valence-corrected chi connectivity index (χ1v) is 6.91. The van der Waals surface area contributed by atoms with Gasteiger partial charge in [-0.1, -0.05) is 13.8 Å². The van der Waals surface area contributed by atoms with Crippen molar-refractivity contribution in [3.63, 3.8) is 0 Å². The number of ether oxygens (including phenoxy) is 1. The molecule has 0 aliphatic carbocycles. The normalized spacial score (nSPS) is 10.9. The minimum atomic E-state index is -0.630. The molecule has 0 aliphatic rings. The lowest BCUT2D eigenvalue weighted by molar-refractivity contribution is 0.0948. The van der Waals surface area contributed by atoms with E-state index in [-0.39, 0.29) is 5.56 Å². The Kier molecular flexibility index (Phi) is 4.62. The van der Waals surface area contributed by atoms with Crippen LogP contribution in [-0.2, 0) is 0 Å². The summed E-state index contributed by atoms with van der Waals surface area (Å²) in [5.74, 6) is 0.721. The molecular formula is C16H19NO4. The lowest BCUT2D eigenvalue weighted by Gasteiger charge is -2.07. The molecule has 1 aromatic carbocycles. The van der Waals surface area contributed by atoms with Crippen molar-refractivity contribution < 1.29 is 13.9 Å². The van der Waals surface area contributed by atoms with E-state index in [2.05, 4.69) is 19.2 Å². The van der Waals surface area contributed by atoms with Gasteiger partial charge in [0.15, 0.2) is 0 Å². The molecule has 0 spiro atoms. The smallest absolute Gasteiger partial charge is 0.349 e. The van der Waals surface area contributed by atoms with Crippen molar-refractivity contribution in [3.05, 3.63) is 40.2 Å². The minimum absolute atomic E-state index is 0.0134. The van der Waals surface area contributed by atoms with Gasteiger partial charge in [-0.05, 0) is 36.6 Å². The SMILES string of the molecule is COc1ccc2oc(=O)c(C(=O)NCCC(C)C)cc2c1. The Balaban J connectivity index is 2.28. The number of hydrogen-bond acceptors (Lipinski definition) is 4. The van der Waals surface area contributed by atoms with Crippen LogP contribution in [0.1, 0.15) is 30.6 Å². The summed E-state index contributed by atoms with van der Waals surface area (Å²) >= 11 is 0. The van der Waals surface area contributed by atoms with E-state index in [0.717, 1.165) is 6.42 Å². The van der Waals surface area contributed by atoms with Gasteiger partial charge in [0.05, 0.1) is 7.11 Å². The van der Waals surface area contributed by atoms with E-state index in [1.165, 1.54) is 6.07 Å². The molecule has 112 valence electrons. The summed E-state index contributed by atoms with van der Waals surface area (Å²) in [4.78, 5) is 23.9. The van der Waals surface area contributed by atoms with E-state index in [1.54, 1.807) is 25.3 Å². The van der Waals surface area contributed by atoms with Crippen molar-refractivity contribution in [2.75, 3.05) is 13.7 Å². The Bertz CT molecular complexity index is 703. The zero-order valence-corrected chi connectivity index (χ0v) is 12.4. The minimum Gasteiger partial charge on any atom is -0.497 e. The summed E-state index contributed by atoms with van der Waals surface area (Å²) in [5, 5.41) is 3.39. The second-order valence-corrected chi connectivity index (χ2v) is 5.29. The second kappa shape index (κ2) is 6.43. The predicted octanol–water partition coefficient (Wildman–Crippen LogP) is 2.58. The van der Waals surface area contributed by atoms with Crippen molar-refractivity contribution in [2.45, 2.75) is 20.3 Å². The number of amides is 1. The summed E-state index contributed by atoms with van der Waals surface area (Å²) in [6, 6.07) is 6.61. The highest BCUT2D eigenvalue weighted by molar-refractivity contribution is 5.96. The third-order valence-electron chi connectivity index (χ3n) is 3.19. The predicted molar refractivity (Wildman–Crippen MR) is 80.8 cm³/mol. The van der Waals surface area contributed by atoms with Crippen molar-refractivity contribution in [2.24, 2.45) is 5.92 Å². The molecule has 1 heterocycles. The van der Waals surface area contributed by atoms with Crippen LogP contribution < -0.4 is 15.7 Å².